The Morgan fingerprint density at radius 2 is 2.00 bits per heavy atom. The van der Waals surface area contributed by atoms with Crippen LogP contribution in [0.3, 0.4) is 0 Å². The Bertz CT molecular complexity index is 828. The van der Waals surface area contributed by atoms with Crippen LogP contribution in [0.4, 0.5) is 13.2 Å². The third-order valence-corrected chi connectivity index (χ3v) is 4.54. The molecule has 0 bridgehead atoms. The second-order valence-electron chi connectivity index (χ2n) is 6.47. The van der Waals surface area contributed by atoms with E-state index in [9.17, 15) is 18.0 Å². The molecule has 0 spiro atoms. The number of carbonyl (C=O) groups excluding carboxylic acids is 1. The molecule has 10 heteroatoms. The van der Waals surface area contributed by atoms with Gasteiger partial charge in [-0.2, -0.15) is 13.2 Å². The smallest absolute Gasteiger partial charge is 0.349 e. The number of aromatic nitrogens is 3. The Balaban J connectivity index is 1.71. The van der Waals surface area contributed by atoms with Crippen molar-refractivity contribution in [2.75, 3.05) is 6.54 Å². The van der Waals surface area contributed by atoms with Crippen molar-refractivity contribution in [2.45, 2.75) is 32.1 Å². The lowest BCUT2D eigenvalue weighted by molar-refractivity contribution is -0.145. The molecule has 2 atom stereocenters. The maximum atomic E-state index is 12.6. The van der Waals surface area contributed by atoms with E-state index in [0.717, 1.165) is 25.4 Å². The molecule has 144 valence electrons. The van der Waals surface area contributed by atoms with Gasteiger partial charge >= 0.3 is 6.18 Å². The number of hydrogen-bond acceptors (Lipinski definition) is 5. The highest BCUT2D eigenvalue weighted by molar-refractivity contribution is 6.33. The summed E-state index contributed by atoms with van der Waals surface area (Å²) in [5.74, 6) is -0.890. The summed E-state index contributed by atoms with van der Waals surface area (Å²) in [6.07, 6.45) is -0.339. The molecule has 2 unspecified atom stereocenters. The molecule has 1 saturated heterocycles. The van der Waals surface area contributed by atoms with Crippen LogP contribution in [-0.2, 0) is 17.5 Å². The maximum Gasteiger partial charge on any atom is 0.451 e. The Hall–Kier alpha value is -2.26. The van der Waals surface area contributed by atoms with E-state index in [2.05, 4.69) is 32.5 Å². The summed E-state index contributed by atoms with van der Waals surface area (Å²) in [6.45, 7) is 3.05. The van der Waals surface area contributed by atoms with Crippen molar-refractivity contribution in [1.82, 2.24) is 25.6 Å². The standard InChI is InChI=1S/C17H17ClF3N5O/c1-9-2-14(23-4-9)15(27)24-7-11-3-12(13(18)8-22-11)10-5-25-16(26-6-10)17(19,20)21/h3,5-6,8-9,14,23H,2,4,7H2,1H3,(H,24,27). The number of nitrogens with one attached hydrogen (secondary N) is 2. The Morgan fingerprint density at radius 1 is 1.30 bits per heavy atom. The molecule has 2 N–H and O–H groups in total. The number of amides is 1. The Morgan fingerprint density at radius 3 is 2.59 bits per heavy atom. The largest absolute Gasteiger partial charge is 0.451 e. The molecule has 0 aliphatic carbocycles. The van der Waals surface area contributed by atoms with Gasteiger partial charge in [0.15, 0.2) is 0 Å². The van der Waals surface area contributed by atoms with Gasteiger partial charge in [0.05, 0.1) is 23.3 Å². The summed E-state index contributed by atoms with van der Waals surface area (Å²) in [6, 6.07) is 1.37. The van der Waals surface area contributed by atoms with Gasteiger partial charge in [-0.25, -0.2) is 9.97 Å². The Labute approximate surface area is 158 Å². The minimum Gasteiger partial charge on any atom is -0.349 e. The molecule has 1 amide bonds. The van der Waals surface area contributed by atoms with Crippen LogP contribution in [0, 0.1) is 5.92 Å². The monoisotopic (exact) mass is 399 g/mol. The zero-order chi connectivity index (χ0) is 19.6. The van der Waals surface area contributed by atoms with Crippen molar-refractivity contribution in [3.63, 3.8) is 0 Å². The molecule has 27 heavy (non-hydrogen) atoms. The van der Waals surface area contributed by atoms with Crippen molar-refractivity contribution in [3.05, 3.63) is 41.2 Å². The first-order valence-electron chi connectivity index (χ1n) is 8.29. The van der Waals surface area contributed by atoms with Crippen LogP contribution in [0.1, 0.15) is 24.9 Å². The first-order chi connectivity index (χ1) is 12.7. The molecular weight excluding hydrogens is 383 g/mol. The summed E-state index contributed by atoms with van der Waals surface area (Å²) in [5, 5.41) is 6.20. The molecule has 0 saturated carbocycles. The molecule has 1 aliphatic rings. The maximum absolute atomic E-state index is 12.6. The second kappa shape index (κ2) is 7.77. The number of halogens is 4. The lowest BCUT2D eigenvalue weighted by atomic mass is 10.1. The van der Waals surface area contributed by atoms with Crippen molar-refractivity contribution in [3.8, 4) is 11.1 Å². The normalized spacial score (nSPS) is 19.9. The molecule has 3 rings (SSSR count). The molecule has 6 nitrogen and oxygen atoms in total. The number of nitrogens with zero attached hydrogens (tertiary/aromatic N) is 3. The molecular formula is C17H17ClF3N5O. The average Bonchev–Trinajstić information content (AvgIpc) is 3.07. The molecule has 0 radical (unpaired) electrons. The SMILES string of the molecule is CC1CNC(C(=O)NCc2cc(-c3cnc(C(F)(F)F)nc3)c(Cl)cn2)C1. The fraction of sp³-hybridized carbons (Fsp3) is 0.412. The van der Waals surface area contributed by atoms with Crippen LogP contribution in [-0.4, -0.2) is 33.4 Å². The van der Waals surface area contributed by atoms with Crippen molar-refractivity contribution >= 4 is 17.5 Å². The first kappa shape index (κ1) is 19.5. The van der Waals surface area contributed by atoms with E-state index in [-0.39, 0.29) is 23.5 Å². The van der Waals surface area contributed by atoms with Gasteiger partial charge < -0.3 is 10.6 Å². The summed E-state index contributed by atoms with van der Waals surface area (Å²) >= 11 is 6.11. The highest BCUT2D eigenvalue weighted by atomic mass is 35.5. The number of hydrogen-bond donors (Lipinski definition) is 2. The number of alkyl halides is 3. The van der Waals surface area contributed by atoms with Gasteiger partial charge in [0.25, 0.3) is 0 Å². The zero-order valence-corrected chi connectivity index (χ0v) is 15.1. The molecule has 1 fully saturated rings. The van der Waals surface area contributed by atoms with Crippen molar-refractivity contribution in [1.29, 1.82) is 0 Å². The van der Waals surface area contributed by atoms with Gasteiger partial charge in [0.2, 0.25) is 11.7 Å². The van der Waals surface area contributed by atoms with Crippen LogP contribution >= 0.6 is 11.6 Å². The second-order valence-corrected chi connectivity index (χ2v) is 6.88. The van der Waals surface area contributed by atoms with E-state index >= 15 is 0 Å². The topological polar surface area (TPSA) is 79.8 Å². The average molecular weight is 400 g/mol. The van der Waals surface area contributed by atoms with E-state index in [0.29, 0.717) is 22.7 Å². The summed E-state index contributed by atoms with van der Waals surface area (Å²) in [7, 11) is 0. The van der Waals surface area contributed by atoms with Gasteiger partial charge in [-0.1, -0.05) is 18.5 Å². The number of rotatable bonds is 4. The number of carbonyl (C=O) groups is 1. The lowest BCUT2D eigenvalue weighted by Crippen LogP contribution is -2.40. The van der Waals surface area contributed by atoms with E-state index in [1.54, 1.807) is 6.07 Å². The highest BCUT2D eigenvalue weighted by Crippen LogP contribution is 2.30. The van der Waals surface area contributed by atoms with E-state index < -0.39 is 12.0 Å². The van der Waals surface area contributed by atoms with Crippen LogP contribution in [0.2, 0.25) is 5.02 Å². The van der Waals surface area contributed by atoms with Crippen LogP contribution < -0.4 is 10.6 Å². The predicted octanol–water partition coefficient (Wildman–Crippen LogP) is 2.83. The third-order valence-electron chi connectivity index (χ3n) is 4.24. The van der Waals surface area contributed by atoms with Gasteiger partial charge in [-0.15, -0.1) is 0 Å². The minimum atomic E-state index is -4.61. The number of pyridine rings is 1. The lowest BCUT2D eigenvalue weighted by Gasteiger charge is -2.12. The summed E-state index contributed by atoms with van der Waals surface area (Å²) in [5.41, 5.74) is 1.29. The molecule has 1 aliphatic heterocycles. The molecule has 0 aromatic carbocycles. The zero-order valence-electron chi connectivity index (χ0n) is 14.3. The molecule has 2 aromatic heterocycles. The van der Waals surface area contributed by atoms with E-state index in [1.165, 1.54) is 6.20 Å². The summed E-state index contributed by atoms with van der Waals surface area (Å²) < 4.78 is 37.8. The quantitative estimate of drug-likeness (QED) is 0.826. The third kappa shape index (κ3) is 4.72. The van der Waals surface area contributed by atoms with Crippen LogP contribution in [0.25, 0.3) is 11.1 Å². The van der Waals surface area contributed by atoms with E-state index in [1.807, 2.05) is 0 Å². The minimum absolute atomic E-state index is 0.115. The van der Waals surface area contributed by atoms with Crippen LogP contribution in [0.15, 0.2) is 24.7 Å². The fourth-order valence-electron chi connectivity index (χ4n) is 2.83. The van der Waals surface area contributed by atoms with E-state index in [4.69, 9.17) is 11.6 Å². The molecule has 3 heterocycles. The van der Waals surface area contributed by atoms with Gasteiger partial charge in [0.1, 0.15) is 0 Å². The molecule has 2 aromatic rings. The highest BCUT2D eigenvalue weighted by Gasteiger charge is 2.34. The van der Waals surface area contributed by atoms with Crippen molar-refractivity contribution in [2.24, 2.45) is 5.92 Å². The summed E-state index contributed by atoms with van der Waals surface area (Å²) in [4.78, 5) is 23.0. The van der Waals surface area contributed by atoms with Crippen LogP contribution in [0.5, 0.6) is 0 Å². The predicted molar refractivity (Wildman–Crippen MR) is 92.7 cm³/mol. The Kier molecular flexibility index (Phi) is 5.61. The van der Waals surface area contributed by atoms with Crippen molar-refractivity contribution < 1.29 is 18.0 Å². The fourth-order valence-corrected chi connectivity index (χ4v) is 3.04. The van der Waals surface area contributed by atoms with Gasteiger partial charge in [-0.05, 0) is 24.9 Å². The van der Waals surface area contributed by atoms with Gasteiger partial charge in [0, 0.05) is 29.7 Å². The van der Waals surface area contributed by atoms with Gasteiger partial charge in [-0.3, -0.25) is 9.78 Å². The first-order valence-corrected chi connectivity index (χ1v) is 8.67.